The lowest BCUT2D eigenvalue weighted by Gasteiger charge is -2.13. The molecule has 0 aliphatic heterocycles. The third kappa shape index (κ3) is 7.44. The number of ether oxygens (including phenoxy) is 1. The number of aryl methyl sites for hydroxylation is 3. The highest BCUT2D eigenvalue weighted by Gasteiger charge is 2.12. The molecule has 2 aromatic rings. The Morgan fingerprint density at radius 3 is 2.29 bits per heavy atom. The second-order valence-electron chi connectivity index (χ2n) is 7.39. The van der Waals surface area contributed by atoms with Crippen molar-refractivity contribution >= 4 is 23.4 Å². The number of nitrogens with one attached hydrogen (secondary N) is 3. The number of para-hydroxylation sites is 1. The molecular formula is C24H31N3O4. The van der Waals surface area contributed by atoms with Gasteiger partial charge in [-0.05, 0) is 57.4 Å². The molecule has 3 N–H and O–H groups in total. The van der Waals surface area contributed by atoms with Gasteiger partial charge in [0.15, 0.2) is 0 Å². The van der Waals surface area contributed by atoms with E-state index in [2.05, 4.69) is 16.0 Å². The quantitative estimate of drug-likeness (QED) is 0.509. The van der Waals surface area contributed by atoms with Crippen LogP contribution in [0.5, 0.6) is 5.75 Å². The molecule has 31 heavy (non-hydrogen) atoms. The summed E-state index contributed by atoms with van der Waals surface area (Å²) in [4.78, 5) is 36.5. The van der Waals surface area contributed by atoms with Gasteiger partial charge in [0.05, 0.1) is 18.7 Å². The molecule has 0 unspecified atom stereocenters. The predicted molar refractivity (Wildman–Crippen MR) is 121 cm³/mol. The molecule has 0 aromatic heterocycles. The molecule has 7 heteroatoms. The minimum atomic E-state index is -0.274. The molecule has 2 rings (SSSR count). The van der Waals surface area contributed by atoms with E-state index in [9.17, 15) is 14.4 Å². The molecule has 0 radical (unpaired) electrons. The summed E-state index contributed by atoms with van der Waals surface area (Å²) in [6, 6.07) is 11.0. The summed E-state index contributed by atoms with van der Waals surface area (Å²) in [6.07, 6.45) is 0.676. The molecule has 0 spiro atoms. The number of carbonyl (C=O) groups excluding carboxylic acids is 3. The van der Waals surface area contributed by atoms with Crippen LogP contribution in [0.25, 0.3) is 0 Å². The smallest absolute Gasteiger partial charge is 0.255 e. The molecule has 166 valence electrons. The minimum Gasteiger partial charge on any atom is -0.493 e. The van der Waals surface area contributed by atoms with Gasteiger partial charge in [0.2, 0.25) is 11.8 Å². The molecule has 0 bridgehead atoms. The highest BCUT2D eigenvalue weighted by molar-refractivity contribution is 5.97. The van der Waals surface area contributed by atoms with Crippen LogP contribution in [0, 0.1) is 20.8 Å². The summed E-state index contributed by atoms with van der Waals surface area (Å²) in [5.41, 5.74) is 4.35. The molecular weight excluding hydrogens is 394 g/mol. The number of benzene rings is 2. The van der Waals surface area contributed by atoms with Gasteiger partial charge in [0, 0.05) is 18.7 Å². The Labute approximate surface area is 183 Å². The monoisotopic (exact) mass is 425 g/mol. The van der Waals surface area contributed by atoms with Crippen LogP contribution in [0.4, 0.5) is 5.69 Å². The topological polar surface area (TPSA) is 96.5 Å². The maximum Gasteiger partial charge on any atom is 0.255 e. The van der Waals surface area contributed by atoms with E-state index in [-0.39, 0.29) is 30.7 Å². The van der Waals surface area contributed by atoms with Crippen molar-refractivity contribution in [3.8, 4) is 5.75 Å². The zero-order valence-electron chi connectivity index (χ0n) is 18.6. The van der Waals surface area contributed by atoms with Gasteiger partial charge in [-0.15, -0.1) is 0 Å². The molecule has 2 aromatic carbocycles. The molecule has 0 saturated carbocycles. The van der Waals surface area contributed by atoms with E-state index in [1.54, 1.807) is 18.2 Å². The zero-order chi connectivity index (χ0) is 22.8. The maximum atomic E-state index is 12.3. The fourth-order valence-electron chi connectivity index (χ4n) is 3.31. The average Bonchev–Trinajstić information content (AvgIpc) is 2.72. The lowest BCUT2D eigenvalue weighted by molar-refractivity contribution is -0.124. The maximum absolute atomic E-state index is 12.3. The Kier molecular flexibility index (Phi) is 9.06. The number of amides is 3. The van der Waals surface area contributed by atoms with Crippen molar-refractivity contribution in [2.45, 2.75) is 40.5 Å². The first-order chi connectivity index (χ1) is 14.8. The van der Waals surface area contributed by atoms with E-state index in [0.29, 0.717) is 30.9 Å². The number of rotatable bonds is 10. The summed E-state index contributed by atoms with van der Waals surface area (Å²) in [5, 5.41) is 8.26. The van der Waals surface area contributed by atoms with Crippen molar-refractivity contribution in [1.82, 2.24) is 10.6 Å². The highest BCUT2D eigenvalue weighted by Crippen LogP contribution is 2.21. The summed E-state index contributed by atoms with van der Waals surface area (Å²) in [7, 11) is 0. The summed E-state index contributed by atoms with van der Waals surface area (Å²) in [5.74, 6) is -0.223. The molecule has 0 aliphatic carbocycles. The average molecular weight is 426 g/mol. The van der Waals surface area contributed by atoms with Crippen LogP contribution < -0.4 is 20.7 Å². The Balaban J connectivity index is 1.71. The normalized spacial score (nSPS) is 10.3. The van der Waals surface area contributed by atoms with Crippen molar-refractivity contribution in [3.63, 3.8) is 0 Å². The summed E-state index contributed by atoms with van der Waals surface area (Å²) >= 11 is 0. The van der Waals surface area contributed by atoms with Crippen molar-refractivity contribution in [3.05, 3.63) is 58.7 Å². The molecule has 7 nitrogen and oxygen atoms in total. The van der Waals surface area contributed by atoms with Crippen LogP contribution in [0.2, 0.25) is 0 Å². The Morgan fingerprint density at radius 1 is 0.935 bits per heavy atom. The summed E-state index contributed by atoms with van der Waals surface area (Å²) in [6.45, 7) is 8.47. The lowest BCUT2D eigenvalue weighted by atomic mass is 10.1. The first kappa shape index (κ1) is 23.9. The van der Waals surface area contributed by atoms with Crippen molar-refractivity contribution in [2.24, 2.45) is 0 Å². The predicted octanol–water partition coefficient (Wildman–Crippen LogP) is 3.28. The van der Waals surface area contributed by atoms with Crippen LogP contribution in [0.3, 0.4) is 0 Å². The van der Waals surface area contributed by atoms with Crippen LogP contribution in [-0.2, 0) is 9.59 Å². The van der Waals surface area contributed by atoms with Crippen molar-refractivity contribution < 1.29 is 19.1 Å². The number of hydrogen-bond acceptors (Lipinski definition) is 4. The van der Waals surface area contributed by atoms with E-state index in [1.165, 1.54) is 0 Å². The van der Waals surface area contributed by atoms with Crippen molar-refractivity contribution in [1.29, 1.82) is 0 Å². The number of hydrogen-bond donors (Lipinski definition) is 3. The van der Waals surface area contributed by atoms with Crippen LogP contribution >= 0.6 is 0 Å². The van der Waals surface area contributed by atoms with Crippen LogP contribution in [0.1, 0.15) is 46.8 Å². The lowest BCUT2D eigenvalue weighted by Crippen LogP contribution is -2.33. The van der Waals surface area contributed by atoms with Gasteiger partial charge in [-0.2, -0.15) is 0 Å². The third-order valence-corrected chi connectivity index (χ3v) is 4.69. The van der Waals surface area contributed by atoms with Gasteiger partial charge < -0.3 is 20.7 Å². The molecule has 0 atom stereocenters. The largest absolute Gasteiger partial charge is 0.493 e. The van der Waals surface area contributed by atoms with Gasteiger partial charge in [0.25, 0.3) is 5.91 Å². The van der Waals surface area contributed by atoms with E-state index in [1.807, 2.05) is 45.9 Å². The van der Waals surface area contributed by atoms with E-state index < -0.39 is 0 Å². The number of carbonyl (C=O) groups is 3. The van der Waals surface area contributed by atoms with Gasteiger partial charge in [-0.1, -0.05) is 29.8 Å². The SMILES string of the molecule is CCOc1ccccc1C(=O)NCCCC(=O)NCC(=O)Nc1c(C)cc(C)cc1C. The third-order valence-electron chi connectivity index (χ3n) is 4.69. The Morgan fingerprint density at radius 2 is 1.61 bits per heavy atom. The van der Waals surface area contributed by atoms with E-state index in [4.69, 9.17) is 4.74 Å². The molecule has 0 aliphatic rings. The standard InChI is InChI=1S/C24H31N3O4/c1-5-31-20-10-7-6-9-19(20)24(30)25-12-8-11-21(28)26-15-22(29)27-23-17(3)13-16(2)14-18(23)4/h6-7,9-10,13-14H,5,8,11-12,15H2,1-4H3,(H,25,30)(H,26,28)(H,27,29). The first-order valence-electron chi connectivity index (χ1n) is 10.5. The molecule has 0 fully saturated rings. The van der Waals surface area contributed by atoms with Crippen molar-refractivity contribution in [2.75, 3.05) is 25.0 Å². The van der Waals surface area contributed by atoms with Crippen LogP contribution in [0.15, 0.2) is 36.4 Å². The molecule has 0 saturated heterocycles. The molecule has 3 amide bonds. The second-order valence-corrected chi connectivity index (χ2v) is 7.39. The molecule has 0 heterocycles. The highest BCUT2D eigenvalue weighted by atomic mass is 16.5. The fourth-order valence-corrected chi connectivity index (χ4v) is 3.31. The first-order valence-corrected chi connectivity index (χ1v) is 10.5. The Hall–Kier alpha value is -3.35. The second kappa shape index (κ2) is 11.7. The van der Waals surface area contributed by atoms with Gasteiger partial charge in [-0.25, -0.2) is 0 Å². The van der Waals surface area contributed by atoms with Gasteiger partial charge >= 0.3 is 0 Å². The Bertz CT molecular complexity index is 917. The van der Waals surface area contributed by atoms with Gasteiger partial charge in [-0.3, -0.25) is 14.4 Å². The summed E-state index contributed by atoms with van der Waals surface area (Å²) < 4.78 is 5.46. The van der Waals surface area contributed by atoms with E-state index >= 15 is 0 Å². The fraction of sp³-hybridized carbons (Fsp3) is 0.375. The van der Waals surface area contributed by atoms with Gasteiger partial charge in [0.1, 0.15) is 5.75 Å². The minimum absolute atomic E-state index is 0.0975. The number of anilines is 1. The van der Waals surface area contributed by atoms with Crippen LogP contribution in [-0.4, -0.2) is 37.4 Å². The zero-order valence-corrected chi connectivity index (χ0v) is 18.6. The van der Waals surface area contributed by atoms with E-state index in [0.717, 1.165) is 22.4 Å².